The zero-order valence-electron chi connectivity index (χ0n) is 13.5. The molecular weight excluding hydrogens is 337 g/mol. The van der Waals surface area contributed by atoms with Crippen LogP contribution in [0.2, 0.25) is 0 Å². The second-order valence-electron chi connectivity index (χ2n) is 5.61. The van der Waals surface area contributed by atoms with Crippen LogP contribution in [-0.2, 0) is 12.7 Å². The van der Waals surface area contributed by atoms with Crippen LogP contribution in [-0.4, -0.2) is 22.8 Å². The normalized spacial score (nSPS) is 11.2. The van der Waals surface area contributed by atoms with Crippen LogP contribution in [0.1, 0.15) is 27.0 Å². The Morgan fingerprint density at radius 3 is 2.28 bits per heavy atom. The summed E-state index contributed by atoms with van der Waals surface area (Å²) >= 11 is 0. The van der Waals surface area contributed by atoms with Gasteiger partial charge in [0.05, 0.1) is 10.5 Å². The molecule has 1 amide bonds. The molecule has 0 heterocycles. The topological polar surface area (TPSA) is 63.5 Å². The summed E-state index contributed by atoms with van der Waals surface area (Å²) in [6.07, 6.45) is -4.42. The molecule has 0 aliphatic carbocycles. The van der Waals surface area contributed by atoms with Crippen molar-refractivity contribution in [3.05, 3.63) is 74.8 Å². The van der Waals surface area contributed by atoms with Gasteiger partial charge < -0.3 is 4.90 Å². The molecule has 0 atom stereocenters. The molecule has 5 nitrogen and oxygen atoms in total. The largest absolute Gasteiger partial charge is 0.416 e. The SMILES string of the molecule is Cc1ccc(C(=O)N(C)Cc2ccc(C(F)(F)F)cc2)cc1[N+](=O)[O-]. The van der Waals surface area contributed by atoms with E-state index in [4.69, 9.17) is 0 Å². The third-order valence-corrected chi connectivity index (χ3v) is 3.70. The van der Waals surface area contributed by atoms with Crippen LogP contribution in [0, 0.1) is 17.0 Å². The summed E-state index contributed by atoms with van der Waals surface area (Å²) in [5, 5.41) is 11.0. The summed E-state index contributed by atoms with van der Waals surface area (Å²) in [5.74, 6) is -0.456. The smallest absolute Gasteiger partial charge is 0.337 e. The van der Waals surface area contributed by atoms with Crippen LogP contribution in [0.4, 0.5) is 18.9 Å². The first-order valence-corrected chi connectivity index (χ1v) is 7.26. The number of nitro benzene ring substituents is 1. The van der Waals surface area contributed by atoms with E-state index in [9.17, 15) is 28.1 Å². The number of halogens is 3. The Hall–Kier alpha value is -2.90. The van der Waals surface area contributed by atoms with Crippen LogP contribution in [0.15, 0.2) is 42.5 Å². The van der Waals surface area contributed by atoms with E-state index in [1.54, 1.807) is 6.92 Å². The minimum atomic E-state index is -4.42. The summed E-state index contributed by atoms with van der Waals surface area (Å²) in [5.41, 5.74) is 0.178. The average Bonchev–Trinajstić information content (AvgIpc) is 2.54. The lowest BCUT2D eigenvalue weighted by molar-refractivity contribution is -0.385. The molecule has 2 aromatic rings. The van der Waals surface area contributed by atoms with Crippen molar-refractivity contribution in [2.24, 2.45) is 0 Å². The molecule has 0 unspecified atom stereocenters. The van der Waals surface area contributed by atoms with Crippen molar-refractivity contribution >= 4 is 11.6 Å². The van der Waals surface area contributed by atoms with Gasteiger partial charge in [-0.1, -0.05) is 18.2 Å². The summed E-state index contributed by atoms with van der Waals surface area (Å²) in [6.45, 7) is 1.65. The maximum atomic E-state index is 12.5. The van der Waals surface area contributed by atoms with Gasteiger partial charge in [0, 0.05) is 30.8 Å². The van der Waals surface area contributed by atoms with Gasteiger partial charge in [-0.25, -0.2) is 0 Å². The number of nitrogens with zero attached hydrogens (tertiary/aromatic N) is 2. The van der Waals surface area contributed by atoms with Crippen molar-refractivity contribution in [3.63, 3.8) is 0 Å². The standard InChI is InChI=1S/C17H15F3N2O3/c1-11-3-6-13(9-15(11)22(24)25)16(23)21(2)10-12-4-7-14(8-5-12)17(18,19)20/h3-9H,10H2,1-2H3. The molecule has 0 spiro atoms. The Bertz CT molecular complexity index is 802. The van der Waals surface area contributed by atoms with E-state index in [1.807, 2.05) is 0 Å². The van der Waals surface area contributed by atoms with Crippen LogP contribution < -0.4 is 0 Å². The summed E-state index contributed by atoms with van der Waals surface area (Å²) in [4.78, 5) is 24.1. The highest BCUT2D eigenvalue weighted by atomic mass is 19.4. The van der Waals surface area contributed by atoms with Crippen molar-refractivity contribution in [1.29, 1.82) is 0 Å². The van der Waals surface area contributed by atoms with Gasteiger partial charge >= 0.3 is 6.18 Å². The van der Waals surface area contributed by atoms with E-state index in [0.29, 0.717) is 11.1 Å². The lowest BCUT2D eigenvalue weighted by Gasteiger charge is -2.18. The van der Waals surface area contributed by atoms with Crippen LogP contribution in [0.5, 0.6) is 0 Å². The Labute approximate surface area is 141 Å². The second-order valence-corrected chi connectivity index (χ2v) is 5.61. The molecule has 25 heavy (non-hydrogen) atoms. The molecule has 0 saturated heterocycles. The fraction of sp³-hybridized carbons (Fsp3) is 0.235. The van der Waals surface area contributed by atoms with Gasteiger partial charge in [0.15, 0.2) is 0 Å². The number of amides is 1. The first-order chi connectivity index (χ1) is 11.6. The molecule has 0 aliphatic rings. The van der Waals surface area contributed by atoms with Gasteiger partial charge in [-0.05, 0) is 30.7 Å². The lowest BCUT2D eigenvalue weighted by Crippen LogP contribution is -2.26. The van der Waals surface area contributed by atoms with Crippen LogP contribution in [0.3, 0.4) is 0 Å². The van der Waals surface area contributed by atoms with Gasteiger partial charge in [0.25, 0.3) is 11.6 Å². The van der Waals surface area contributed by atoms with Gasteiger partial charge in [-0.15, -0.1) is 0 Å². The predicted octanol–water partition coefficient (Wildman–Crippen LogP) is 4.19. The number of carbonyl (C=O) groups excluding carboxylic acids is 1. The van der Waals surface area contributed by atoms with Crippen molar-refractivity contribution in [2.45, 2.75) is 19.6 Å². The Balaban J connectivity index is 2.15. The van der Waals surface area contributed by atoms with Gasteiger partial charge in [0.1, 0.15) is 0 Å². The maximum absolute atomic E-state index is 12.5. The minimum Gasteiger partial charge on any atom is -0.337 e. The quantitative estimate of drug-likeness (QED) is 0.612. The van der Waals surface area contributed by atoms with Crippen LogP contribution in [0.25, 0.3) is 0 Å². The van der Waals surface area contributed by atoms with Gasteiger partial charge in [-0.2, -0.15) is 13.2 Å². The third-order valence-electron chi connectivity index (χ3n) is 3.70. The third kappa shape index (κ3) is 4.34. The Morgan fingerprint density at radius 2 is 1.76 bits per heavy atom. The number of rotatable bonds is 4. The van der Waals surface area contributed by atoms with E-state index in [2.05, 4.69) is 0 Å². The molecule has 0 radical (unpaired) electrons. The molecule has 0 aromatic heterocycles. The van der Waals surface area contributed by atoms with Crippen molar-refractivity contribution in [2.75, 3.05) is 7.05 Å². The predicted molar refractivity (Wildman–Crippen MR) is 85.1 cm³/mol. The molecule has 0 bridgehead atoms. The molecule has 8 heteroatoms. The summed E-state index contributed by atoms with van der Waals surface area (Å²) in [7, 11) is 1.48. The highest BCUT2D eigenvalue weighted by molar-refractivity contribution is 5.94. The number of hydrogen-bond acceptors (Lipinski definition) is 3. The van der Waals surface area contributed by atoms with Gasteiger partial charge in [0.2, 0.25) is 0 Å². The molecule has 0 aliphatic heterocycles. The molecular formula is C17H15F3N2O3. The molecule has 2 aromatic carbocycles. The van der Waals surface area contributed by atoms with E-state index in [-0.39, 0.29) is 17.8 Å². The fourth-order valence-corrected chi connectivity index (χ4v) is 2.30. The monoisotopic (exact) mass is 352 g/mol. The Kier molecular flexibility index (Phi) is 5.10. The van der Waals surface area contributed by atoms with Crippen LogP contribution >= 0.6 is 0 Å². The molecule has 132 valence electrons. The highest BCUT2D eigenvalue weighted by Crippen LogP contribution is 2.29. The zero-order chi connectivity index (χ0) is 18.8. The second kappa shape index (κ2) is 6.92. The summed E-state index contributed by atoms with van der Waals surface area (Å²) in [6, 6.07) is 8.65. The van der Waals surface area contributed by atoms with E-state index < -0.39 is 22.6 Å². The summed E-state index contributed by atoms with van der Waals surface area (Å²) < 4.78 is 37.6. The zero-order valence-corrected chi connectivity index (χ0v) is 13.5. The first kappa shape index (κ1) is 18.4. The van der Waals surface area contributed by atoms with E-state index in [0.717, 1.165) is 12.1 Å². The molecule has 0 fully saturated rings. The average molecular weight is 352 g/mol. The minimum absolute atomic E-state index is 0.0820. The Morgan fingerprint density at radius 1 is 1.16 bits per heavy atom. The van der Waals surface area contributed by atoms with E-state index >= 15 is 0 Å². The van der Waals surface area contributed by atoms with Crippen molar-refractivity contribution in [1.82, 2.24) is 4.90 Å². The maximum Gasteiger partial charge on any atom is 0.416 e. The first-order valence-electron chi connectivity index (χ1n) is 7.26. The van der Waals surface area contributed by atoms with Gasteiger partial charge in [-0.3, -0.25) is 14.9 Å². The number of aryl methyl sites for hydroxylation is 1. The number of carbonyl (C=O) groups is 1. The van der Waals surface area contributed by atoms with Crippen molar-refractivity contribution in [3.8, 4) is 0 Å². The lowest BCUT2D eigenvalue weighted by atomic mass is 10.1. The number of alkyl halides is 3. The molecule has 0 N–H and O–H groups in total. The fourth-order valence-electron chi connectivity index (χ4n) is 2.30. The van der Waals surface area contributed by atoms with Crippen molar-refractivity contribution < 1.29 is 22.9 Å². The molecule has 0 saturated carbocycles. The number of nitro groups is 1. The van der Waals surface area contributed by atoms with E-state index in [1.165, 1.54) is 42.3 Å². The molecule has 2 rings (SSSR count). The number of benzene rings is 2. The number of hydrogen-bond donors (Lipinski definition) is 0. The highest BCUT2D eigenvalue weighted by Gasteiger charge is 2.30.